The van der Waals surface area contributed by atoms with Crippen molar-refractivity contribution in [2.24, 2.45) is 0 Å². The lowest BCUT2D eigenvalue weighted by Crippen LogP contribution is -2.03. The maximum absolute atomic E-state index is 9.75. The fourth-order valence-corrected chi connectivity index (χ4v) is 2.95. The van der Waals surface area contributed by atoms with E-state index in [9.17, 15) is 5.11 Å². The number of hydrogen-bond donors (Lipinski definition) is 3. The minimum atomic E-state index is 0.179. The number of nitrogens with zero attached hydrogens (tertiary/aromatic N) is 4. The zero-order chi connectivity index (χ0) is 17.5. The molecule has 0 fully saturated rings. The summed E-state index contributed by atoms with van der Waals surface area (Å²) in [4.78, 5) is 4.67. The Hall–Kier alpha value is -3.87. The quantitative estimate of drug-likeness (QED) is 0.465. The predicted octanol–water partition coefficient (Wildman–Crippen LogP) is 3.72. The van der Waals surface area contributed by atoms with Crippen LogP contribution in [0, 0.1) is 0 Å². The van der Waals surface area contributed by atoms with Crippen LogP contribution in [0.5, 0.6) is 5.75 Å². The number of phenolic OH excluding ortho intramolecular Hbond substituents is 1. The van der Waals surface area contributed by atoms with Crippen molar-refractivity contribution in [3.8, 4) is 17.1 Å². The predicted molar refractivity (Wildman–Crippen MR) is 99.5 cm³/mol. The third kappa shape index (κ3) is 2.42. The van der Waals surface area contributed by atoms with Crippen molar-refractivity contribution in [2.75, 3.05) is 5.32 Å². The van der Waals surface area contributed by atoms with E-state index in [0.29, 0.717) is 11.6 Å². The van der Waals surface area contributed by atoms with Crippen molar-refractivity contribution in [1.82, 2.24) is 24.8 Å². The van der Waals surface area contributed by atoms with Gasteiger partial charge in [-0.25, -0.2) is 9.50 Å². The Balaban J connectivity index is 1.62. The molecule has 7 heteroatoms. The first-order valence-corrected chi connectivity index (χ1v) is 8.11. The molecule has 0 amide bonds. The summed E-state index contributed by atoms with van der Waals surface area (Å²) < 4.78 is 1.77. The van der Waals surface area contributed by atoms with Gasteiger partial charge in [-0.15, -0.1) is 5.10 Å². The number of H-pyrrole nitrogens is 1. The molecule has 5 rings (SSSR count). The molecule has 2 aromatic carbocycles. The van der Waals surface area contributed by atoms with Crippen LogP contribution in [-0.2, 0) is 0 Å². The zero-order valence-corrected chi connectivity index (χ0v) is 13.6. The SMILES string of the molecule is Oc1cccc(-c2nc(Nc3ccc4[nH]ncc4c3)c3cccn3n2)c1. The van der Waals surface area contributed by atoms with Crippen LogP contribution in [0.4, 0.5) is 11.5 Å². The lowest BCUT2D eigenvalue weighted by atomic mass is 10.2. The molecule has 0 aliphatic carbocycles. The summed E-state index contributed by atoms with van der Waals surface area (Å²) in [6, 6.07) is 16.7. The average molecular weight is 342 g/mol. The van der Waals surface area contributed by atoms with Crippen molar-refractivity contribution in [1.29, 1.82) is 0 Å². The fourth-order valence-electron chi connectivity index (χ4n) is 2.95. The number of fused-ring (bicyclic) bond motifs is 2. The minimum absolute atomic E-state index is 0.179. The van der Waals surface area contributed by atoms with Gasteiger partial charge in [-0.2, -0.15) is 5.10 Å². The molecule has 3 N–H and O–H groups in total. The van der Waals surface area contributed by atoms with E-state index < -0.39 is 0 Å². The van der Waals surface area contributed by atoms with Gasteiger partial charge in [0.2, 0.25) is 0 Å². The monoisotopic (exact) mass is 342 g/mol. The number of aromatic hydroxyl groups is 1. The van der Waals surface area contributed by atoms with Crippen LogP contribution in [0.1, 0.15) is 0 Å². The second-order valence-corrected chi connectivity index (χ2v) is 5.97. The van der Waals surface area contributed by atoms with Crippen molar-refractivity contribution >= 4 is 27.9 Å². The zero-order valence-electron chi connectivity index (χ0n) is 13.6. The lowest BCUT2D eigenvalue weighted by molar-refractivity contribution is 0.475. The number of nitrogens with one attached hydrogen (secondary N) is 2. The number of aromatic amines is 1. The maximum atomic E-state index is 9.75. The normalized spacial score (nSPS) is 11.2. The van der Waals surface area contributed by atoms with Crippen LogP contribution in [0.3, 0.4) is 0 Å². The van der Waals surface area contributed by atoms with Crippen molar-refractivity contribution in [3.63, 3.8) is 0 Å². The molecule has 126 valence electrons. The number of hydrogen-bond acceptors (Lipinski definition) is 5. The smallest absolute Gasteiger partial charge is 0.182 e. The van der Waals surface area contributed by atoms with Crippen LogP contribution in [0.15, 0.2) is 67.0 Å². The molecule has 0 unspecified atom stereocenters. The number of phenols is 1. The number of benzene rings is 2. The second-order valence-electron chi connectivity index (χ2n) is 5.97. The van der Waals surface area contributed by atoms with E-state index in [-0.39, 0.29) is 5.75 Å². The lowest BCUT2D eigenvalue weighted by Gasteiger charge is -2.10. The average Bonchev–Trinajstić information content (AvgIpc) is 3.30. The van der Waals surface area contributed by atoms with Gasteiger partial charge in [-0.05, 0) is 42.5 Å². The van der Waals surface area contributed by atoms with E-state index in [1.165, 1.54) is 0 Å². The van der Waals surface area contributed by atoms with Gasteiger partial charge in [0.05, 0.1) is 11.7 Å². The van der Waals surface area contributed by atoms with Gasteiger partial charge in [0.15, 0.2) is 11.6 Å². The van der Waals surface area contributed by atoms with Crippen molar-refractivity contribution in [2.45, 2.75) is 0 Å². The first-order chi connectivity index (χ1) is 12.8. The minimum Gasteiger partial charge on any atom is -0.508 e. The highest BCUT2D eigenvalue weighted by molar-refractivity contribution is 5.84. The van der Waals surface area contributed by atoms with E-state index in [4.69, 9.17) is 0 Å². The fraction of sp³-hybridized carbons (Fsp3) is 0. The summed E-state index contributed by atoms with van der Waals surface area (Å²) in [6.45, 7) is 0. The number of anilines is 2. The molecule has 0 saturated carbocycles. The van der Waals surface area contributed by atoms with Crippen LogP contribution in [-0.4, -0.2) is 29.9 Å². The number of aromatic nitrogens is 5. The number of rotatable bonds is 3. The van der Waals surface area contributed by atoms with Gasteiger partial charge in [-0.3, -0.25) is 5.10 Å². The summed E-state index contributed by atoms with van der Waals surface area (Å²) in [7, 11) is 0. The van der Waals surface area contributed by atoms with Crippen LogP contribution in [0.25, 0.3) is 27.8 Å². The Morgan fingerprint density at radius 2 is 2.00 bits per heavy atom. The molecule has 26 heavy (non-hydrogen) atoms. The molecule has 0 spiro atoms. The highest BCUT2D eigenvalue weighted by Crippen LogP contribution is 2.26. The Morgan fingerprint density at radius 1 is 1.04 bits per heavy atom. The van der Waals surface area contributed by atoms with Gasteiger partial charge in [-0.1, -0.05) is 12.1 Å². The first kappa shape index (κ1) is 14.5. The third-order valence-electron chi connectivity index (χ3n) is 4.20. The van der Waals surface area contributed by atoms with Crippen LogP contribution >= 0.6 is 0 Å². The standard InChI is InChI=1S/C19H14N6O/c26-15-4-1-3-12(10-15)18-22-19(17-5-2-8-25(17)24-18)21-14-6-7-16-13(9-14)11-20-23-16/h1-11,26H,(H,20,23)(H,21,22,24). The van der Waals surface area contributed by atoms with Gasteiger partial charge in [0, 0.05) is 22.8 Å². The molecule has 0 bridgehead atoms. The van der Waals surface area contributed by atoms with E-state index in [2.05, 4.69) is 25.6 Å². The highest BCUT2D eigenvalue weighted by atomic mass is 16.3. The molecule has 0 atom stereocenters. The Bertz CT molecular complexity index is 1240. The molecule has 3 heterocycles. The molecule has 5 aromatic rings. The van der Waals surface area contributed by atoms with Crippen LogP contribution < -0.4 is 5.32 Å². The molecule has 3 aromatic heterocycles. The van der Waals surface area contributed by atoms with E-state index in [0.717, 1.165) is 27.7 Å². The van der Waals surface area contributed by atoms with Gasteiger partial charge < -0.3 is 10.4 Å². The largest absolute Gasteiger partial charge is 0.508 e. The molecular formula is C19H14N6O. The van der Waals surface area contributed by atoms with Crippen molar-refractivity contribution in [3.05, 3.63) is 67.0 Å². The highest BCUT2D eigenvalue weighted by Gasteiger charge is 2.11. The van der Waals surface area contributed by atoms with Gasteiger partial charge in [0.1, 0.15) is 11.3 Å². The van der Waals surface area contributed by atoms with E-state index in [1.807, 2.05) is 42.6 Å². The molecule has 0 aliphatic heterocycles. The second kappa shape index (κ2) is 5.59. The third-order valence-corrected chi connectivity index (χ3v) is 4.20. The van der Waals surface area contributed by atoms with Gasteiger partial charge in [0.25, 0.3) is 0 Å². The summed E-state index contributed by atoms with van der Waals surface area (Å²) in [5.41, 5.74) is 3.49. The molecular weight excluding hydrogens is 328 g/mol. The molecule has 0 aliphatic rings. The summed E-state index contributed by atoms with van der Waals surface area (Å²) in [5.74, 6) is 1.39. The molecule has 0 saturated heterocycles. The maximum Gasteiger partial charge on any atom is 0.182 e. The summed E-state index contributed by atoms with van der Waals surface area (Å²) >= 11 is 0. The molecule has 0 radical (unpaired) electrons. The van der Waals surface area contributed by atoms with E-state index in [1.54, 1.807) is 28.9 Å². The van der Waals surface area contributed by atoms with Crippen LogP contribution in [0.2, 0.25) is 0 Å². The Labute approximate surface area is 147 Å². The summed E-state index contributed by atoms with van der Waals surface area (Å²) in [5, 5.41) is 25.6. The van der Waals surface area contributed by atoms with E-state index >= 15 is 0 Å². The Kier molecular flexibility index (Phi) is 3.11. The first-order valence-electron chi connectivity index (χ1n) is 8.11. The Morgan fingerprint density at radius 3 is 2.92 bits per heavy atom. The molecule has 7 nitrogen and oxygen atoms in total. The topological polar surface area (TPSA) is 91.1 Å². The van der Waals surface area contributed by atoms with Crippen molar-refractivity contribution < 1.29 is 5.11 Å². The van der Waals surface area contributed by atoms with Gasteiger partial charge >= 0.3 is 0 Å². The summed E-state index contributed by atoms with van der Waals surface area (Å²) in [6.07, 6.45) is 3.65.